The fraction of sp³-hybridized carbons (Fsp3) is 0.200. The van der Waals surface area contributed by atoms with E-state index in [4.69, 9.17) is 4.74 Å². The zero-order valence-corrected chi connectivity index (χ0v) is 15.5. The van der Waals surface area contributed by atoms with Gasteiger partial charge in [0.05, 0.1) is 0 Å². The number of ether oxygens (including phenoxy) is 1. The first kappa shape index (κ1) is 18.8. The minimum atomic E-state index is -0.377. The quantitative estimate of drug-likeness (QED) is 0.552. The van der Waals surface area contributed by atoms with E-state index in [1.165, 1.54) is 0 Å². The molecule has 2 rings (SSSR count). The number of carbonyl (C=O) groups excluding carboxylic acids is 1. The number of hydrogen-bond acceptors (Lipinski definition) is 3. The van der Waals surface area contributed by atoms with Crippen molar-refractivity contribution in [3.63, 3.8) is 0 Å². The summed E-state index contributed by atoms with van der Waals surface area (Å²) in [6.07, 6.45) is 2.36. The zero-order valence-electron chi connectivity index (χ0n) is 14.0. The molecular formula is C20H19BrN2O2. The normalized spacial score (nSPS) is 10.8. The van der Waals surface area contributed by atoms with Crippen LogP contribution in [-0.2, 0) is 11.4 Å². The second-order valence-electron chi connectivity index (χ2n) is 5.38. The predicted molar refractivity (Wildman–Crippen MR) is 102 cm³/mol. The maximum absolute atomic E-state index is 12.1. The van der Waals surface area contributed by atoms with Crippen molar-refractivity contribution >= 4 is 27.9 Å². The number of nitrogens with one attached hydrogen (secondary N) is 1. The Morgan fingerprint density at radius 2 is 2.04 bits per heavy atom. The van der Waals surface area contributed by atoms with Crippen LogP contribution >= 0.6 is 15.9 Å². The highest BCUT2D eigenvalue weighted by Gasteiger charge is 2.11. The lowest BCUT2D eigenvalue weighted by atomic mass is 10.1. The first-order valence-corrected chi connectivity index (χ1v) is 8.79. The average Bonchev–Trinajstić information content (AvgIpc) is 2.64. The van der Waals surface area contributed by atoms with Crippen molar-refractivity contribution in [2.24, 2.45) is 0 Å². The number of rotatable bonds is 7. The molecule has 0 atom stereocenters. The standard InChI is InChI=1S/C20H19BrN2O2/c1-2-10-23-20(24)17(13-22)11-16-12-18(21)8-9-19(16)25-14-15-6-4-3-5-7-15/h3-9,11-12H,2,10,14H2,1H3,(H,23,24)/b17-11-. The van der Waals surface area contributed by atoms with Crippen LogP contribution in [0.15, 0.2) is 58.6 Å². The Morgan fingerprint density at radius 3 is 2.72 bits per heavy atom. The molecule has 25 heavy (non-hydrogen) atoms. The highest BCUT2D eigenvalue weighted by Crippen LogP contribution is 2.26. The Labute approximate surface area is 156 Å². The van der Waals surface area contributed by atoms with E-state index in [0.717, 1.165) is 16.5 Å². The first-order chi connectivity index (χ1) is 12.1. The number of nitrogens with zero attached hydrogens (tertiary/aromatic N) is 1. The summed E-state index contributed by atoms with van der Waals surface area (Å²) in [6.45, 7) is 2.90. The van der Waals surface area contributed by atoms with E-state index in [-0.39, 0.29) is 11.5 Å². The molecule has 1 N–H and O–H groups in total. The molecule has 2 aromatic rings. The van der Waals surface area contributed by atoms with Crippen LogP contribution in [0.4, 0.5) is 0 Å². The number of halogens is 1. The molecule has 0 unspecified atom stereocenters. The van der Waals surface area contributed by atoms with Crippen LogP contribution in [-0.4, -0.2) is 12.5 Å². The van der Waals surface area contributed by atoms with Gasteiger partial charge in [-0.05, 0) is 36.3 Å². The van der Waals surface area contributed by atoms with E-state index < -0.39 is 0 Å². The number of nitriles is 1. The number of benzene rings is 2. The summed E-state index contributed by atoms with van der Waals surface area (Å²) in [6, 6.07) is 17.3. The molecule has 5 heteroatoms. The molecule has 0 aliphatic rings. The molecule has 0 saturated heterocycles. The van der Waals surface area contributed by atoms with Gasteiger partial charge in [-0.1, -0.05) is 53.2 Å². The Bertz CT molecular complexity index is 795. The molecule has 128 valence electrons. The van der Waals surface area contributed by atoms with E-state index in [1.54, 1.807) is 6.08 Å². The highest BCUT2D eigenvalue weighted by atomic mass is 79.9. The van der Waals surface area contributed by atoms with Crippen LogP contribution in [0.1, 0.15) is 24.5 Å². The van der Waals surface area contributed by atoms with Gasteiger partial charge in [-0.25, -0.2) is 0 Å². The van der Waals surface area contributed by atoms with Crippen LogP contribution in [0.5, 0.6) is 5.75 Å². The Hall–Kier alpha value is -2.58. The second kappa shape index (κ2) is 9.65. The Morgan fingerprint density at radius 1 is 1.28 bits per heavy atom. The molecule has 1 amide bonds. The third-order valence-corrected chi connectivity index (χ3v) is 3.90. The summed E-state index contributed by atoms with van der Waals surface area (Å²) in [4.78, 5) is 12.1. The molecule has 0 aromatic heterocycles. The van der Waals surface area contributed by atoms with Crippen LogP contribution < -0.4 is 10.1 Å². The summed E-state index contributed by atoms with van der Waals surface area (Å²) in [5.74, 6) is 0.237. The van der Waals surface area contributed by atoms with Gasteiger partial charge < -0.3 is 10.1 Å². The van der Waals surface area contributed by atoms with Gasteiger partial charge in [0.15, 0.2) is 0 Å². The predicted octanol–water partition coefficient (Wildman–Crippen LogP) is 4.46. The Kier molecular flexibility index (Phi) is 7.24. The maximum atomic E-state index is 12.1. The smallest absolute Gasteiger partial charge is 0.261 e. The molecule has 0 aliphatic carbocycles. The summed E-state index contributed by atoms with van der Waals surface area (Å²) in [5.41, 5.74) is 1.77. The van der Waals surface area contributed by atoms with Gasteiger partial charge in [0.2, 0.25) is 0 Å². The van der Waals surface area contributed by atoms with Crippen molar-refractivity contribution in [3.05, 3.63) is 69.7 Å². The lowest BCUT2D eigenvalue weighted by Gasteiger charge is -2.10. The SMILES string of the molecule is CCCNC(=O)/C(C#N)=C\c1cc(Br)ccc1OCc1ccccc1. The monoisotopic (exact) mass is 398 g/mol. The summed E-state index contributed by atoms with van der Waals surface area (Å²) in [5, 5.41) is 12.0. The minimum absolute atomic E-state index is 0.0520. The van der Waals surface area contributed by atoms with E-state index >= 15 is 0 Å². The largest absolute Gasteiger partial charge is 0.488 e. The highest BCUT2D eigenvalue weighted by molar-refractivity contribution is 9.10. The molecular weight excluding hydrogens is 380 g/mol. The van der Waals surface area contributed by atoms with Crippen molar-refractivity contribution in [1.82, 2.24) is 5.32 Å². The number of hydrogen-bond donors (Lipinski definition) is 1. The number of amides is 1. The van der Waals surface area contributed by atoms with Gasteiger partial charge in [0, 0.05) is 16.6 Å². The van der Waals surface area contributed by atoms with Gasteiger partial charge in [0.1, 0.15) is 24.0 Å². The molecule has 0 fully saturated rings. The van der Waals surface area contributed by atoms with Gasteiger partial charge in [-0.3, -0.25) is 4.79 Å². The van der Waals surface area contributed by atoms with Crippen molar-refractivity contribution in [2.75, 3.05) is 6.54 Å². The van der Waals surface area contributed by atoms with E-state index in [2.05, 4.69) is 21.2 Å². The van der Waals surface area contributed by atoms with E-state index in [0.29, 0.717) is 24.5 Å². The Balaban J connectivity index is 2.23. The van der Waals surface area contributed by atoms with Crippen LogP contribution in [0.2, 0.25) is 0 Å². The summed E-state index contributed by atoms with van der Waals surface area (Å²) in [7, 11) is 0. The lowest BCUT2D eigenvalue weighted by Crippen LogP contribution is -2.25. The molecule has 4 nitrogen and oxygen atoms in total. The fourth-order valence-electron chi connectivity index (χ4n) is 2.14. The molecule has 0 radical (unpaired) electrons. The summed E-state index contributed by atoms with van der Waals surface area (Å²) < 4.78 is 6.72. The second-order valence-corrected chi connectivity index (χ2v) is 6.30. The van der Waals surface area contributed by atoms with Crippen molar-refractivity contribution in [1.29, 1.82) is 5.26 Å². The maximum Gasteiger partial charge on any atom is 0.261 e. The molecule has 0 bridgehead atoms. The van der Waals surface area contributed by atoms with Crippen LogP contribution in [0, 0.1) is 11.3 Å². The summed E-state index contributed by atoms with van der Waals surface area (Å²) >= 11 is 3.41. The van der Waals surface area contributed by atoms with Crippen LogP contribution in [0.25, 0.3) is 6.08 Å². The molecule has 2 aromatic carbocycles. The fourth-order valence-corrected chi connectivity index (χ4v) is 2.52. The minimum Gasteiger partial charge on any atom is -0.488 e. The van der Waals surface area contributed by atoms with Crippen LogP contribution in [0.3, 0.4) is 0 Å². The van der Waals surface area contributed by atoms with Crippen molar-refractivity contribution in [2.45, 2.75) is 20.0 Å². The third kappa shape index (κ3) is 5.77. The van der Waals surface area contributed by atoms with Gasteiger partial charge >= 0.3 is 0 Å². The first-order valence-electron chi connectivity index (χ1n) is 8.00. The molecule has 0 spiro atoms. The number of carbonyl (C=O) groups is 1. The molecule has 0 saturated carbocycles. The topological polar surface area (TPSA) is 62.1 Å². The van der Waals surface area contributed by atoms with E-state index in [1.807, 2.05) is 61.5 Å². The average molecular weight is 399 g/mol. The van der Waals surface area contributed by atoms with Crippen molar-refractivity contribution < 1.29 is 9.53 Å². The van der Waals surface area contributed by atoms with E-state index in [9.17, 15) is 10.1 Å². The molecule has 0 aliphatic heterocycles. The lowest BCUT2D eigenvalue weighted by molar-refractivity contribution is -0.117. The molecule has 0 heterocycles. The van der Waals surface area contributed by atoms with Gasteiger partial charge in [-0.2, -0.15) is 5.26 Å². The van der Waals surface area contributed by atoms with Gasteiger partial charge in [0.25, 0.3) is 5.91 Å². The third-order valence-electron chi connectivity index (χ3n) is 3.41. The zero-order chi connectivity index (χ0) is 18.1. The van der Waals surface area contributed by atoms with Crippen molar-refractivity contribution in [3.8, 4) is 11.8 Å². The van der Waals surface area contributed by atoms with Gasteiger partial charge in [-0.15, -0.1) is 0 Å².